The Hall–Kier alpha value is -2.42. The van der Waals surface area contributed by atoms with Crippen LogP contribution in [-0.4, -0.2) is 41.0 Å². The van der Waals surface area contributed by atoms with E-state index in [0.29, 0.717) is 21.1 Å². The van der Waals surface area contributed by atoms with Gasteiger partial charge in [0.15, 0.2) is 10.8 Å². The molecule has 3 aromatic rings. The van der Waals surface area contributed by atoms with E-state index < -0.39 is 5.97 Å². The van der Waals surface area contributed by atoms with Gasteiger partial charge in [-0.05, 0) is 11.8 Å². The first-order valence-electron chi connectivity index (χ1n) is 5.24. The molecule has 19 heavy (non-hydrogen) atoms. The number of aromatic carboxylic acids is 1. The number of pyridine rings is 1. The molecule has 0 spiro atoms. The van der Waals surface area contributed by atoms with E-state index in [0.717, 1.165) is 0 Å². The van der Waals surface area contributed by atoms with Crippen molar-refractivity contribution in [3.05, 3.63) is 24.3 Å². The van der Waals surface area contributed by atoms with Gasteiger partial charge in [-0.25, -0.2) is 14.8 Å². The lowest BCUT2D eigenvalue weighted by molar-refractivity contribution is 0.0693. The lowest BCUT2D eigenvalue weighted by Gasteiger charge is -2.04. The van der Waals surface area contributed by atoms with E-state index >= 15 is 0 Å². The molecule has 96 valence electrons. The van der Waals surface area contributed by atoms with Gasteiger partial charge < -0.3 is 5.11 Å². The topological polar surface area (TPSA) is 110 Å². The molecule has 0 saturated heterocycles. The predicted octanol–water partition coefficient (Wildman–Crippen LogP) is 0.936. The summed E-state index contributed by atoms with van der Waals surface area (Å²) >= 11 is 1.19. The maximum absolute atomic E-state index is 11.3. The lowest BCUT2D eigenvalue weighted by Crippen LogP contribution is -2.01. The Balaban J connectivity index is 2.22. The van der Waals surface area contributed by atoms with Crippen LogP contribution in [-0.2, 0) is 7.05 Å². The van der Waals surface area contributed by atoms with Gasteiger partial charge in [-0.3, -0.25) is 9.78 Å². The molecule has 0 radical (unpaired) electrons. The maximum Gasteiger partial charge on any atom is 0.338 e. The molecule has 8 nitrogen and oxygen atoms in total. The van der Waals surface area contributed by atoms with Crippen LogP contribution < -0.4 is 0 Å². The van der Waals surface area contributed by atoms with Gasteiger partial charge in [0.2, 0.25) is 0 Å². The molecule has 3 rings (SSSR count). The van der Waals surface area contributed by atoms with Gasteiger partial charge in [0.1, 0.15) is 6.33 Å². The second-order valence-electron chi connectivity index (χ2n) is 3.70. The van der Waals surface area contributed by atoms with E-state index in [1.807, 2.05) is 0 Å². The number of carboxylic acid groups (broad SMARTS) is 1. The number of carbonyl (C=O) groups is 1. The normalized spacial score (nSPS) is 11.0. The maximum atomic E-state index is 11.3. The van der Waals surface area contributed by atoms with E-state index in [1.54, 1.807) is 17.9 Å². The monoisotopic (exact) mass is 276 g/mol. The van der Waals surface area contributed by atoms with Crippen molar-refractivity contribution in [1.82, 2.24) is 29.9 Å². The van der Waals surface area contributed by atoms with E-state index in [1.165, 1.54) is 24.3 Å². The van der Waals surface area contributed by atoms with Crippen LogP contribution in [0.2, 0.25) is 0 Å². The number of hydrogen-bond acceptors (Lipinski definition) is 6. The van der Waals surface area contributed by atoms with Crippen LogP contribution in [0.5, 0.6) is 0 Å². The van der Waals surface area contributed by atoms with Gasteiger partial charge in [0.25, 0.3) is 0 Å². The number of hydrogen-bond donors (Lipinski definition) is 2. The number of nitrogens with zero attached hydrogens (tertiary/aromatic N) is 5. The zero-order chi connectivity index (χ0) is 13.4. The predicted molar refractivity (Wildman–Crippen MR) is 66.0 cm³/mol. The van der Waals surface area contributed by atoms with Gasteiger partial charge in [-0.2, -0.15) is 10.2 Å². The van der Waals surface area contributed by atoms with Crippen LogP contribution >= 0.6 is 11.8 Å². The largest absolute Gasteiger partial charge is 0.478 e. The van der Waals surface area contributed by atoms with Gasteiger partial charge >= 0.3 is 5.97 Å². The Morgan fingerprint density at radius 2 is 2.26 bits per heavy atom. The Bertz CT molecular complexity index is 751. The Labute approximate surface area is 110 Å². The molecule has 0 aliphatic heterocycles. The first-order chi connectivity index (χ1) is 9.16. The number of fused-ring (bicyclic) bond motifs is 1. The van der Waals surface area contributed by atoms with Crippen LogP contribution in [0.3, 0.4) is 0 Å². The number of rotatable bonds is 3. The van der Waals surface area contributed by atoms with E-state index in [4.69, 9.17) is 0 Å². The first kappa shape index (κ1) is 11.7. The highest BCUT2D eigenvalue weighted by molar-refractivity contribution is 7.99. The zero-order valence-corrected chi connectivity index (χ0v) is 10.5. The highest BCUT2D eigenvalue weighted by Gasteiger charge is 2.18. The summed E-state index contributed by atoms with van der Waals surface area (Å²) in [5.74, 6) is -1.04. The van der Waals surface area contributed by atoms with Crippen molar-refractivity contribution < 1.29 is 9.90 Å². The van der Waals surface area contributed by atoms with Crippen molar-refractivity contribution in [3.8, 4) is 0 Å². The number of aryl methyl sites for hydroxylation is 1. The number of H-pyrrole nitrogens is 1. The van der Waals surface area contributed by atoms with E-state index in [9.17, 15) is 9.90 Å². The minimum Gasteiger partial charge on any atom is -0.478 e. The van der Waals surface area contributed by atoms with Crippen molar-refractivity contribution in [2.24, 2.45) is 7.05 Å². The fourth-order valence-electron chi connectivity index (χ4n) is 1.68. The summed E-state index contributed by atoms with van der Waals surface area (Å²) in [6.07, 6.45) is 4.28. The van der Waals surface area contributed by atoms with Crippen LogP contribution in [0.15, 0.2) is 28.8 Å². The van der Waals surface area contributed by atoms with Crippen molar-refractivity contribution in [1.29, 1.82) is 0 Å². The van der Waals surface area contributed by atoms with Crippen molar-refractivity contribution >= 4 is 28.8 Å². The molecule has 9 heteroatoms. The first-order valence-corrected chi connectivity index (χ1v) is 6.05. The van der Waals surface area contributed by atoms with Crippen LogP contribution in [0, 0.1) is 0 Å². The third-order valence-electron chi connectivity index (χ3n) is 2.53. The molecular weight excluding hydrogens is 268 g/mol. The molecule has 0 aromatic carbocycles. The molecule has 0 aliphatic carbocycles. The third kappa shape index (κ3) is 1.93. The SMILES string of the molecule is Cn1ncc2c(Sc3ncn[nH]3)c(C(=O)O)cnc21. The highest BCUT2D eigenvalue weighted by atomic mass is 32.2. The summed E-state index contributed by atoms with van der Waals surface area (Å²) in [5.41, 5.74) is 0.730. The fraction of sp³-hybridized carbons (Fsp3) is 0.100. The molecular formula is C10H8N6O2S. The Morgan fingerprint density at radius 3 is 2.95 bits per heavy atom. The smallest absolute Gasteiger partial charge is 0.338 e. The minimum absolute atomic E-state index is 0.113. The van der Waals surface area contributed by atoms with E-state index in [2.05, 4.69) is 25.3 Å². The third-order valence-corrected chi connectivity index (χ3v) is 3.57. The summed E-state index contributed by atoms with van der Waals surface area (Å²) in [5, 5.41) is 20.9. The molecule has 3 aromatic heterocycles. The summed E-state index contributed by atoms with van der Waals surface area (Å²) in [6.45, 7) is 0. The van der Waals surface area contributed by atoms with Gasteiger partial charge in [0.05, 0.1) is 17.1 Å². The second kappa shape index (κ2) is 4.35. The molecule has 0 amide bonds. The number of aromatic amines is 1. The summed E-state index contributed by atoms with van der Waals surface area (Å²) in [6, 6.07) is 0. The molecule has 3 heterocycles. The second-order valence-corrected chi connectivity index (χ2v) is 4.70. The molecule has 0 aliphatic rings. The van der Waals surface area contributed by atoms with Crippen molar-refractivity contribution in [2.75, 3.05) is 0 Å². The van der Waals surface area contributed by atoms with Gasteiger partial charge in [-0.15, -0.1) is 0 Å². The Morgan fingerprint density at radius 1 is 1.42 bits per heavy atom. The molecule has 0 atom stereocenters. The number of aromatic nitrogens is 6. The van der Waals surface area contributed by atoms with E-state index in [-0.39, 0.29) is 5.56 Å². The van der Waals surface area contributed by atoms with Crippen molar-refractivity contribution in [3.63, 3.8) is 0 Å². The minimum atomic E-state index is -1.04. The fourth-order valence-corrected chi connectivity index (χ4v) is 2.57. The Kier molecular flexibility index (Phi) is 2.67. The average Bonchev–Trinajstić information content (AvgIpc) is 3.00. The number of nitrogens with one attached hydrogen (secondary N) is 1. The molecule has 0 bridgehead atoms. The summed E-state index contributed by atoms with van der Waals surface area (Å²) < 4.78 is 1.59. The van der Waals surface area contributed by atoms with Gasteiger partial charge in [0, 0.05) is 18.1 Å². The van der Waals surface area contributed by atoms with Crippen molar-refractivity contribution in [2.45, 2.75) is 10.1 Å². The molecule has 2 N–H and O–H groups in total. The summed E-state index contributed by atoms with van der Waals surface area (Å²) in [4.78, 5) is 19.9. The quantitative estimate of drug-likeness (QED) is 0.732. The lowest BCUT2D eigenvalue weighted by atomic mass is 10.2. The van der Waals surface area contributed by atoms with Crippen LogP contribution in [0.25, 0.3) is 11.0 Å². The molecule has 0 saturated carbocycles. The average molecular weight is 276 g/mol. The molecule has 0 unspecified atom stereocenters. The van der Waals surface area contributed by atoms with Crippen LogP contribution in [0.4, 0.5) is 0 Å². The highest BCUT2D eigenvalue weighted by Crippen LogP contribution is 2.33. The number of carboxylic acids is 1. The standard InChI is InChI=1S/C10H8N6O2S/c1-16-8-5(3-14-16)7(6(2-11-8)9(17)18)19-10-12-4-13-15-10/h2-4H,1H3,(H,17,18)(H,12,13,15). The molecule has 0 fully saturated rings. The van der Waals surface area contributed by atoms with Gasteiger partial charge in [-0.1, -0.05) is 0 Å². The zero-order valence-electron chi connectivity index (χ0n) is 9.73. The van der Waals surface area contributed by atoms with Crippen LogP contribution in [0.1, 0.15) is 10.4 Å². The summed E-state index contributed by atoms with van der Waals surface area (Å²) in [7, 11) is 1.75.